The third-order valence-electron chi connectivity index (χ3n) is 5.05. The zero-order valence-corrected chi connectivity index (χ0v) is 14.6. The number of H-pyrrole nitrogens is 1. The molecule has 1 fully saturated rings. The number of aliphatic hydroxyl groups excluding tert-OH is 1. The molecule has 1 aliphatic heterocycles. The SMILES string of the molecule is O[C@@H]1C[C@H](COc2cccc3ccccc23)N(c2ncnc3nc[nH]c23)C1. The topological polar surface area (TPSA) is 87.2 Å². The van der Waals surface area contributed by atoms with Crippen molar-refractivity contribution in [2.75, 3.05) is 18.1 Å². The number of anilines is 1. The number of nitrogens with zero attached hydrogens (tertiary/aromatic N) is 4. The lowest BCUT2D eigenvalue weighted by Crippen LogP contribution is -2.35. The molecule has 0 bridgehead atoms. The molecule has 7 nitrogen and oxygen atoms in total. The van der Waals surface area contributed by atoms with Crippen molar-refractivity contribution >= 4 is 27.8 Å². The van der Waals surface area contributed by atoms with Gasteiger partial charge in [-0.2, -0.15) is 0 Å². The molecule has 1 aliphatic rings. The van der Waals surface area contributed by atoms with E-state index in [0.717, 1.165) is 27.9 Å². The highest BCUT2D eigenvalue weighted by Crippen LogP contribution is 2.30. The molecule has 2 atom stereocenters. The second-order valence-electron chi connectivity index (χ2n) is 6.78. The van der Waals surface area contributed by atoms with E-state index in [4.69, 9.17) is 4.74 Å². The minimum absolute atomic E-state index is 0.0142. The normalized spacial score (nSPS) is 19.8. The van der Waals surface area contributed by atoms with Gasteiger partial charge in [-0.3, -0.25) is 0 Å². The summed E-state index contributed by atoms with van der Waals surface area (Å²) in [6.45, 7) is 0.972. The lowest BCUT2D eigenvalue weighted by Gasteiger charge is -2.25. The van der Waals surface area contributed by atoms with Gasteiger partial charge >= 0.3 is 0 Å². The number of rotatable bonds is 4. The Bertz CT molecular complexity index is 1090. The highest BCUT2D eigenvalue weighted by molar-refractivity contribution is 5.88. The fourth-order valence-corrected chi connectivity index (χ4v) is 3.79. The third kappa shape index (κ3) is 2.86. The molecule has 2 aromatic heterocycles. The zero-order chi connectivity index (χ0) is 18.2. The first-order valence-electron chi connectivity index (χ1n) is 8.99. The maximum Gasteiger partial charge on any atom is 0.182 e. The Kier molecular flexibility index (Phi) is 3.86. The predicted molar refractivity (Wildman–Crippen MR) is 103 cm³/mol. The molecule has 3 heterocycles. The summed E-state index contributed by atoms with van der Waals surface area (Å²) in [7, 11) is 0. The molecule has 7 heteroatoms. The Labute approximate surface area is 155 Å². The fraction of sp³-hybridized carbons (Fsp3) is 0.250. The summed E-state index contributed by atoms with van der Waals surface area (Å²) in [5, 5.41) is 12.5. The van der Waals surface area contributed by atoms with Crippen LogP contribution >= 0.6 is 0 Å². The number of aromatic nitrogens is 4. The molecule has 0 unspecified atom stereocenters. The van der Waals surface area contributed by atoms with Crippen LogP contribution in [0.1, 0.15) is 6.42 Å². The number of aromatic amines is 1. The Morgan fingerprint density at radius 2 is 2.00 bits per heavy atom. The molecule has 5 rings (SSSR count). The van der Waals surface area contributed by atoms with Crippen molar-refractivity contribution in [3.63, 3.8) is 0 Å². The minimum atomic E-state index is -0.418. The van der Waals surface area contributed by atoms with E-state index in [1.54, 1.807) is 6.33 Å². The average Bonchev–Trinajstić information content (AvgIpc) is 3.32. The summed E-state index contributed by atoms with van der Waals surface area (Å²) in [5.41, 5.74) is 1.40. The summed E-state index contributed by atoms with van der Waals surface area (Å²) in [6.07, 6.45) is 3.33. The van der Waals surface area contributed by atoms with Crippen LogP contribution in [0.4, 0.5) is 5.82 Å². The number of ether oxygens (including phenoxy) is 1. The van der Waals surface area contributed by atoms with Crippen LogP contribution in [0.3, 0.4) is 0 Å². The fourth-order valence-electron chi connectivity index (χ4n) is 3.79. The molecule has 0 spiro atoms. The molecule has 0 saturated carbocycles. The number of aliphatic hydroxyl groups is 1. The van der Waals surface area contributed by atoms with Gasteiger partial charge in [-0.15, -0.1) is 0 Å². The predicted octanol–water partition coefficient (Wildman–Crippen LogP) is 2.52. The largest absolute Gasteiger partial charge is 0.491 e. The Morgan fingerprint density at radius 1 is 1.11 bits per heavy atom. The Hall–Kier alpha value is -3.19. The molecule has 27 heavy (non-hydrogen) atoms. The van der Waals surface area contributed by atoms with E-state index in [2.05, 4.69) is 43.0 Å². The lowest BCUT2D eigenvalue weighted by molar-refractivity contribution is 0.187. The third-order valence-corrected chi connectivity index (χ3v) is 5.05. The number of hydrogen-bond donors (Lipinski definition) is 2. The van der Waals surface area contributed by atoms with E-state index in [1.807, 2.05) is 24.3 Å². The first kappa shape index (κ1) is 16.0. The van der Waals surface area contributed by atoms with Crippen LogP contribution < -0.4 is 9.64 Å². The van der Waals surface area contributed by atoms with Crippen LogP contribution in [-0.4, -0.2) is 50.3 Å². The van der Waals surface area contributed by atoms with Gasteiger partial charge in [0.25, 0.3) is 0 Å². The molecule has 0 radical (unpaired) electrons. The van der Waals surface area contributed by atoms with Crippen molar-refractivity contribution < 1.29 is 9.84 Å². The van der Waals surface area contributed by atoms with E-state index < -0.39 is 6.10 Å². The van der Waals surface area contributed by atoms with Crippen molar-refractivity contribution in [1.29, 1.82) is 0 Å². The average molecular weight is 361 g/mol. The van der Waals surface area contributed by atoms with Gasteiger partial charge in [0.15, 0.2) is 11.5 Å². The summed E-state index contributed by atoms with van der Waals surface area (Å²) in [5.74, 6) is 1.60. The van der Waals surface area contributed by atoms with Gasteiger partial charge < -0.3 is 19.7 Å². The van der Waals surface area contributed by atoms with Crippen LogP contribution in [0.25, 0.3) is 21.9 Å². The van der Waals surface area contributed by atoms with E-state index in [9.17, 15) is 5.11 Å². The summed E-state index contributed by atoms with van der Waals surface area (Å²) in [4.78, 5) is 18.0. The zero-order valence-electron chi connectivity index (χ0n) is 14.6. The number of fused-ring (bicyclic) bond motifs is 2. The number of hydrogen-bond acceptors (Lipinski definition) is 6. The van der Waals surface area contributed by atoms with Crippen LogP contribution in [0.2, 0.25) is 0 Å². The number of benzene rings is 2. The van der Waals surface area contributed by atoms with Gasteiger partial charge in [0.2, 0.25) is 0 Å². The molecule has 4 aromatic rings. The van der Waals surface area contributed by atoms with E-state index in [1.165, 1.54) is 6.33 Å². The second-order valence-corrected chi connectivity index (χ2v) is 6.78. The molecular formula is C20H19N5O2. The molecule has 136 valence electrons. The quantitative estimate of drug-likeness (QED) is 0.581. The highest BCUT2D eigenvalue weighted by atomic mass is 16.5. The van der Waals surface area contributed by atoms with Crippen molar-refractivity contribution in [1.82, 2.24) is 19.9 Å². The molecule has 2 aromatic carbocycles. The van der Waals surface area contributed by atoms with E-state index >= 15 is 0 Å². The van der Waals surface area contributed by atoms with Crippen molar-refractivity contribution in [3.05, 3.63) is 55.1 Å². The first-order chi connectivity index (χ1) is 13.3. The lowest BCUT2D eigenvalue weighted by atomic mass is 10.1. The summed E-state index contributed by atoms with van der Waals surface area (Å²) < 4.78 is 6.17. The van der Waals surface area contributed by atoms with E-state index in [0.29, 0.717) is 25.2 Å². The van der Waals surface area contributed by atoms with Crippen molar-refractivity contribution in [3.8, 4) is 5.75 Å². The number of β-amino-alcohol motifs (C(OH)–C–C–N with tert-alkyl or cyclic N) is 1. The maximum absolute atomic E-state index is 10.3. The molecule has 0 amide bonds. The molecule has 0 aliphatic carbocycles. The maximum atomic E-state index is 10.3. The van der Waals surface area contributed by atoms with Gasteiger partial charge in [-0.25, -0.2) is 15.0 Å². The van der Waals surface area contributed by atoms with Gasteiger partial charge in [0, 0.05) is 11.9 Å². The molecule has 2 N–H and O–H groups in total. The van der Waals surface area contributed by atoms with Gasteiger partial charge in [0.05, 0.1) is 18.5 Å². The van der Waals surface area contributed by atoms with Gasteiger partial charge in [-0.1, -0.05) is 36.4 Å². The first-order valence-corrected chi connectivity index (χ1v) is 8.99. The van der Waals surface area contributed by atoms with Crippen molar-refractivity contribution in [2.24, 2.45) is 0 Å². The smallest absolute Gasteiger partial charge is 0.182 e. The molecular weight excluding hydrogens is 342 g/mol. The number of imidazole rings is 1. The Balaban J connectivity index is 1.43. The van der Waals surface area contributed by atoms with Crippen LogP contribution in [0.15, 0.2) is 55.1 Å². The van der Waals surface area contributed by atoms with Crippen LogP contribution in [0.5, 0.6) is 5.75 Å². The Morgan fingerprint density at radius 3 is 2.96 bits per heavy atom. The monoisotopic (exact) mass is 361 g/mol. The van der Waals surface area contributed by atoms with Crippen molar-refractivity contribution in [2.45, 2.75) is 18.6 Å². The minimum Gasteiger partial charge on any atom is -0.491 e. The summed E-state index contributed by atoms with van der Waals surface area (Å²) in [6, 6.07) is 14.2. The van der Waals surface area contributed by atoms with Crippen LogP contribution in [0, 0.1) is 0 Å². The number of nitrogens with one attached hydrogen (secondary N) is 1. The standard InChI is InChI=1S/C20H19N5O2/c26-15-8-14(10-27-17-7-3-5-13-4-1-2-6-16(13)17)25(9-15)20-18-19(22-11-21-18)23-12-24-20/h1-7,11-12,14-15,26H,8-10H2,(H,21,22,23,24)/t14-,15-/m1/s1. The highest BCUT2D eigenvalue weighted by Gasteiger charge is 2.34. The van der Waals surface area contributed by atoms with Gasteiger partial charge in [0.1, 0.15) is 24.2 Å². The summed E-state index contributed by atoms with van der Waals surface area (Å²) >= 11 is 0. The second kappa shape index (κ2) is 6.51. The molecule has 1 saturated heterocycles. The van der Waals surface area contributed by atoms with Gasteiger partial charge in [-0.05, 0) is 17.9 Å². The van der Waals surface area contributed by atoms with Crippen LogP contribution in [-0.2, 0) is 0 Å². The van der Waals surface area contributed by atoms with E-state index in [-0.39, 0.29) is 6.04 Å².